The van der Waals surface area contributed by atoms with Crippen LogP contribution in [0.15, 0.2) is 28.7 Å². The lowest BCUT2D eigenvalue weighted by molar-refractivity contribution is 0.0440. The number of hydrogen-bond acceptors (Lipinski definition) is 7. The number of phenolic OH excluding ortho intramolecular Hbond substituents is 1. The fourth-order valence-corrected chi connectivity index (χ4v) is 1.95. The highest BCUT2D eigenvalue weighted by molar-refractivity contribution is 5.92. The molecule has 7 nitrogen and oxygen atoms in total. The van der Waals surface area contributed by atoms with E-state index in [1.807, 2.05) is 0 Å². The van der Waals surface area contributed by atoms with Gasteiger partial charge in [0.2, 0.25) is 0 Å². The Morgan fingerprint density at radius 1 is 1.13 bits per heavy atom. The minimum atomic E-state index is -0.723. The molecule has 0 aliphatic rings. The molecule has 0 bridgehead atoms. The maximum Gasteiger partial charge on any atom is 0.342 e. The van der Waals surface area contributed by atoms with Crippen LogP contribution in [0.2, 0.25) is 0 Å². The van der Waals surface area contributed by atoms with Gasteiger partial charge in [0.15, 0.2) is 0 Å². The Labute approximate surface area is 132 Å². The molecule has 0 amide bonds. The molecule has 2 aromatic rings. The Morgan fingerprint density at radius 2 is 1.87 bits per heavy atom. The summed E-state index contributed by atoms with van der Waals surface area (Å²) in [5.41, 5.74) is 0.271. The average Bonchev–Trinajstić information content (AvgIpc) is 2.92. The van der Waals surface area contributed by atoms with Crippen molar-refractivity contribution < 1.29 is 33.3 Å². The molecule has 0 radical (unpaired) electrons. The molecule has 122 valence electrons. The molecule has 0 aliphatic heterocycles. The molecule has 0 spiro atoms. The second-order valence-electron chi connectivity index (χ2n) is 4.63. The van der Waals surface area contributed by atoms with Crippen LogP contribution < -0.4 is 4.74 Å². The quantitative estimate of drug-likeness (QED) is 0.845. The molecular formula is C16H16O7. The zero-order valence-corrected chi connectivity index (χ0v) is 12.9. The van der Waals surface area contributed by atoms with Gasteiger partial charge in [-0.25, -0.2) is 9.59 Å². The van der Waals surface area contributed by atoms with Gasteiger partial charge in [0, 0.05) is 6.07 Å². The van der Waals surface area contributed by atoms with Crippen LogP contribution in [0.25, 0.3) is 0 Å². The van der Waals surface area contributed by atoms with E-state index < -0.39 is 11.9 Å². The molecule has 0 unspecified atom stereocenters. The van der Waals surface area contributed by atoms with E-state index in [2.05, 4.69) is 4.74 Å². The molecule has 0 aliphatic carbocycles. The minimum absolute atomic E-state index is 0.00210. The van der Waals surface area contributed by atoms with Crippen LogP contribution in [0.4, 0.5) is 0 Å². The summed E-state index contributed by atoms with van der Waals surface area (Å²) >= 11 is 0. The van der Waals surface area contributed by atoms with Gasteiger partial charge in [-0.05, 0) is 25.1 Å². The number of benzene rings is 1. The third-order valence-corrected chi connectivity index (χ3v) is 3.14. The molecule has 0 atom stereocenters. The van der Waals surface area contributed by atoms with Crippen molar-refractivity contribution in [2.75, 3.05) is 14.2 Å². The number of esters is 2. The Morgan fingerprint density at radius 3 is 2.48 bits per heavy atom. The smallest absolute Gasteiger partial charge is 0.342 e. The third-order valence-electron chi connectivity index (χ3n) is 3.14. The Hall–Kier alpha value is -2.96. The predicted molar refractivity (Wildman–Crippen MR) is 78.6 cm³/mol. The number of furan rings is 1. The van der Waals surface area contributed by atoms with E-state index in [1.165, 1.54) is 38.5 Å². The monoisotopic (exact) mass is 320 g/mol. The first kappa shape index (κ1) is 16.4. The lowest BCUT2D eigenvalue weighted by Crippen LogP contribution is -2.05. The number of phenols is 1. The van der Waals surface area contributed by atoms with Crippen molar-refractivity contribution in [3.63, 3.8) is 0 Å². The molecule has 23 heavy (non-hydrogen) atoms. The van der Waals surface area contributed by atoms with Gasteiger partial charge in [-0.1, -0.05) is 0 Å². The topological polar surface area (TPSA) is 95.2 Å². The fourth-order valence-electron chi connectivity index (χ4n) is 1.95. The number of ether oxygens (including phenoxy) is 3. The molecule has 0 fully saturated rings. The largest absolute Gasteiger partial charge is 0.507 e. The van der Waals surface area contributed by atoms with Crippen LogP contribution in [-0.4, -0.2) is 31.3 Å². The molecule has 0 saturated carbocycles. The molecule has 1 aromatic carbocycles. The van der Waals surface area contributed by atoms with Crippen LogP contribution in [-0.2, 0) is 16.1 Å². The normalized spacial score (nSPS) is 10.2. The van der Waals surface area contributed by atoms with E-state index in [4.69, 9.17) is 13.9 Å². The number of rotatable bonds is 5. The zero-order valence-electron chi connectivity index (χ0n) is 12.9. The maximum atomic E-state index is 12.0. The third kappa shape index (κ3) is 3.63. The lowest BCUT2D eigenvalue weighted by Gasteiger charge is -2.06. The van der Waals surface area contributed by atoms with Gasteiger partial charge in [0.05, 0.1) is 14.2 Å². The summed E-state index contributed by atoms with van der Waals surface area (Å²) in [5, 5.41) is 9.78. The molecule has 1 N–H and O–H groups in total. The first-order chi connectivity index (χ1) is 11.0. The van der Waals surface area contributed by atoms with Crippen molar-refractivity contribution in [1.82, 2.24) is 0 Å². The minimum Gasteiger partial charge on any atom is -0.507 e. The highest BCUT2D eigenvalue weighted by Crippen LogP contribution is 2.24. The molecule has 1 heterocycles. The van der Waals surface area contributed by atoms with Crippen molar-refractivity contribution in [2.45, 2.75) is 13.5 Å². The van der Waals surface area contributed by atoms with E-state index in [0.29, 0.717) is 17.3 Å². The zero-order chi connectivity index (χ0) is 17.0. The molecule has 0 saturated heterocycles. The summed E-state index contributed by atoms with van der Waals surface area (Å²) in [7, 11) is 2.71. The average molecular weight is 320 g/mol. The number of carbonyl (C=O) groups excluding carboxylic acids is 2. The van der Waals surface area contributed by atoms with Gasteiger partial charge in [-0.15, -0.1) is 0 Å². The predicted octanol–water partition coefficient (Wildman–Crippen LogP) is 2.45. The summed E-state index contributed by atoms with van der Waals surface area (Å²) in [6.07, 6.45) is 0. The summed E-state index contributed by atoms with van der Waals surface area (Å²) in [4.78, 5) is 23.4. The van der Waals surface area contributed by atoms with Crippen molar-refractivity contribution in [3.8, 4) is 11.5 Å². The van der Waals surface area contributed by atoms with Crippen LogP contribution in [0, 0.1) is 6.92 Å². The van der Waals surface area contributed by atoms with Gasteiger partial charge < -0.3 is 23.7 Å². The Balaban J connectivity index is 2.06. The van der Waals surface area contributed by atoms with Crippen LogP contribution in [0.5, 0.6) is 11.5 Å². The van der Waals surface area contributed by atoms with E-state index in [1.54, 1.807) is 6.92 Å². The first-order valence-electron chi connectivity index (χ1n) is 6.68. The highest BCUT2D eigenvalue weighted by Gasteiger charge is 2.18. The number of hydrogen-bond donors (Lipinski definition) is 1. The lowest BCUT2D eigenvalue weighted by atomic mass is 10.2. The standard InChI is InChI=1S/C16H16O7/c1-9-13(15(18)21-3)6-11(23-9)8-22-16(19)12-5-4-10(20-2)7-14(12)17/h4-7,17H,8H2,1-3H3. The second-order valence-corrected chi connectivity index (χ2v) is 4.63. The Bertz CT molecular complexity index is 730. The van der Waals surface area contributed by atoms with Crippen molar-refractivity contribution in [1.29, 1.82) is 0 Å². The fraction of sp³-hybridized carbons (Fsp3) is 0.250. The van der Waals surface area contributed by atoms with Gasteiger partial charge in [0.25, 0.3) is 0 Å². The van der Waals surface area contributed by atoms with Crippen LogP contribution in [0.1, 0.15) is 32.2 Å². The first-order valence-corrected chi connectivity index (χ1v) is 6.68. The van der Waals surface area contributed by atoms with Crippen molar-refractivity contribution in [2.24, 2.45) is 0 Å². The number of carbonyl (C=O) groups is 2. The number of aromatic hydroxyl groups is 1. The number of aryl methyl sites for hydroxylation is 1. The van der Waals surface area contributed by atoms with Crippen molar-refractivity contribution in [3.05, 3.63) is 46.9 Å². The summed E-state index contributed by atoms with van der Waals surface area (Å²) in [5.74, 6) is -0.418. The van der Waals surface area contributed by atoms with Gasteiger partial charge in [0.1, 0.15) is 40.8 Å². The molecule has 7 heteroatoms. The second kappa shape index (κ2) is 6.87. The number of methoxy groups -OCH3 is 2. The van der Waals surface area contributed by atoms with Gasteiger partial charge >= 0.3 is 11.9 Å². The Kier molecular flexibility index (Phi) is 4.90. The SMILES string of the molecule is COC(=O)c1cc(COC(=O)c2ccc(OC)cc2O)oc1C. The van der Waals surface area contributed by atoms with Crippen LogP contribution >= 0.6 is 0 Å². The molecule has 2 rings (SSSR count). The summed E-state index contributed by atoms with van der Waals surface area (Å²) < 4.78 is 19.9. The van der Waals surface area contributed by atoms with E-state index in [-0.39, 0.29) is 23.5 Å². The maximum absolute atomic E-state index is 12.0. The van der Waals surface area contributed by atoms with Crippen molar-refractivity contribution >= 4 is 11.9 Å². The van der Waals surface area contributed by atoms with E-state index in [0.717, 1.165) is 0 Å². The van der Waals surface area contributed by atoms with Crippen LogP contribution in [0.3, 0.4) is 0 Å². The van der Waals surface area contributed by atoms with E-state index >= 15 is 0 Å². The summed E-state index contributed by atoms with van der Waals surface area (Å²) in [6, 6.07) is 5.68. The highest BCUT2D eigenvalue weighted by atomic mass is 16.5. The summed E-state index contributed by atoms with van der Waals surface area (Å²) in [6.45, 7) is 1.43. The van der Waals surface area contributed by atoms with Gasteiger partial charge in [-0.3, -0.25) is 0 Å². The van der Waals surface area contributed by atoms with Gasteiger partial charge in [-0.2, -0.15) is 0 Å². The molecule has 1 aromatic heterocycles. The molecular weight excluding hydrogens is 304 g/mol. The van der Waals surface area contributed by atoms with E-state index in [9.17, 15) is 14.7 Å².